The molecule has 0 unspecified atom stereocenters. The average Bonchev–Trinajstić information content (AvgIpc) is 2.27. The van der Waals surface area contributed by atoms with Gasteiger partial charge in [-0.3, -0.25) is 0 Å². The van der Waals surface area contributed by atoms with Gasteiger partial charge in [0.2, 0.25) is 0 Å². The lowest BCUT2D eigenvalue weighted by atomic mass is 10.0. The Bertz CT molecular complexity index is 303. The Balaban J connectivity index is 3.06. The van der Waals surface area contributed by atoms with Crippen molar-refractivity contribution in [1.29, 1.82) is 0 Å². The van der Waals surface area contributed by atoms with Crippen molar-refractivity contribution in [2.24, 2.45) is 5.73 Å². The molecule has 0 fully saturated rings. The maximum Gasteiger partial charge on any atom is 0.122 e. The van der Waals surface area contributed by atoms with Crippen LogP contribution in [0.15, 0.2) is 18.2 Å². The molecule has 0 saturated heterocycles. The lowest BCUT2D eigenvalue weighted by Crippen LogP contribution is -2.24. The van der Waals surface area contributed by atoms with Crippen LogP contribution in [0.1, 0.15) is 18.6 Å². The SMILES string of the molecule is COc1cc(OC)cc([C@H](O)[C@@H](C)N)c1. The third kappa shape index (κ3) is 2.84. The Morgan fingerprint density at radius 3 is 1.93 bits per heavy atom. The van der Waals surface area contributed by atoms with Crippen LogP contribution in [0.25, 0.3) is 0 Å². The van der Waals surface area contributed by atoms with E-state index < -0.39 is 6.10 Å². The summed E-state index contributed by atoms with van der Waals surface area (Å²) in [6.45, 7) is 1.75. The molecule has 0 spiro atoms. The van der Waals surface area contributed by atoms with Crippen molar-refractivity contribution >= 4 is 0 Å². The van der Waals surface area contributed by atoms with Crippen LogP contribution in [0.3, 0.4) is 0 Å². The zero-order chi connectivity index (χ0) is 11.4. The lowest BCUT2D eigenvalue weighted by molar-refractivity contribution is 0.152. The molecule has 1 aromatic rings. The first kappa shape index (κ1) is 11.8. The smallest absolute Gasteiger partial charge is 0.122 e. The molecule has 4 heteroatoms. The van der Waals surface area contributed by atoms with Gasteiger partial charge in [-0.25, -0.2) is 0 Å². The van der Waals surface area contributed by atoms with Gasteiger partial charge in [0.1, 0.15) is 11.5 Å². The molecule has 84 valence electrons. The minimum Gasteiger partial charge on any atom is -0.497 e. The minimum absolute atomic E-state index is 0.332. The molecule has 0 radical (unpaired) electrons. The van der Waals surface area contributed by atoms with Crippen LogP contribution in [0.5, 0.6) is 11.5 Å². The van der Waals surface area contributed by atoms with Gasteiger partial charge in [0, 0.05) is 12.1 Å². The second kappa shape index (κ2) is 5.00. The first-order valence-corrected chi connectivity index (χ1v) is 4.75. The van der Waals surface area contributed by atoms with Crippen LogP contribution in [-0.2, 0) is 0 Å². The first-order valence-electron chi connectivity index (χ1n) is 4.75. The summed E-state index contributed by atoms with van der Waals surface area (Å²) in [5, 5.41) is 9.80. The van der Waals surface area contributed by atoms with E-state index in [9.17, 15) is 5.11 Å². The summed E-state index contributed by atoms with van der Waals surface area (Å²) in [5.41, 5.74) is 6.31. The van der Waals surface area contributed by atoms with E-state index in [4.69, 9.17) is 15.2 Å². The monoisotopic (exact) mass is 211 g/mol. The summed E-state index contributed by atoms with van der Waals surface area (Å²) in [5.74, 6) is 1.29. The summed E-state index contributed by atoms with van der Waals surface area (Å²) < 4.78 is 10.2. The van der Waals surface area contributed by atoms with E-state index in [0.717, 1.165) is 0 Å². The standard InChI is InChI=1S/C11H17NO3/c1-7(12)11(13)8-4-9(14-2)6-10(5-8)15-3/h4-7,11,13H,12H2,1-3H3/t7-,11-/m1/s1. The van der Waals surface area contributed by atoms with E-state index in [2.05, 4.69) is 0 Å². The zero-order valence-electron chi connectivity index (χ0n) is 9.23. The molecule has 4 nitrogen and oxygen atoms in total. The first-order chi connectivity index (χ1) is 7.08. The quantitative estimate of drug-likeness (QED) is 0.782. The largest absolute Gasteiger partial charge is 0.497 e. The number of methoxy groups -OCH3 is 2. The third-order valence-electron chi connectivity index (χ3n) is 2.21. The summed E-state index contributed by atoms with van der Waals surface area (Å²) in [7, 11) is 3.13. The number of aliphatic hydroxyl groups is 1. The van der Waals surface area contributed by atoms with Crippen LogP contribution in [0, 0.1) is 0 Å². The topological polar surface area (TPSA) is 64.7 Å². The maximum absolute atomic E-state index is 9.80. The summed E-state index contributed by atoms with van der Waals surface area (Å²) in [6.07, 6.45) is -0.714. The minimum atomic E-state index is -0.714. The second-order valence-corrected chi connectivity index (χ2v) is 3.45. The summed E-state index contributed by atoms with van der Waals surface area (Å²) in [6, 6.07) is 4.91. The lowest BCUT2D eigenvalue weighted by Gasteiger charge is -2.16. The molecule has 0 aromatic heterocycles. The Hall–Kier alpha value is -1.26. The molecule has 0 amide bonds. The van der Waals surface area contributed by atoms with Crippen molar-refractivity contribution in [2.45, 2.75) is 19.1 Å². The van der Waals surface area contributed by atoms with Crippen LogP contribution < -0.4 is 15.2 Å². The predicted octanol–water partition coefficient (Wildman–Crippen LogP) is 1.08. The molecule has 0 heterocycles. The molecule has 15 heavy (non-hydrogen) atoms. The van der Waals surface area contributed by atoms with Crippen molar-refractivity contribution in [2.75, 3.05) is 14.2 Å². The van der Waals surface area contributed by atoms with Gasteiger partial charge in [-0.2, -0.15) is 0 Å². The molecule has 3 N–H and O–H groups in total. The number of nitrogens with two attached hydrogens (primary N) is 1. The number of ether oxygens (including phenoxy) is 2. The molecular weight excluding hydrogens is 194 g/mol. The number of aliphatic hydroxyl groups excluding tert-OH is 1. The molecule has 2 atom stereocenters. The van der Waals surface area contributed by atoms with Gasteiger partial charge in [0.15, 0.2) is 0 Å². The van der Waals surface area contributed by atoms with E-state index in [0.29, 0.717) is 17.1 Å². The van der Waals surface area contributed by atoms with E-state index in [1.165, 1.54) is 0 Å². The van der Waals surface area contributed by atoms with Gasteiger partial charge in [-0.05, 0) is 24.6 Å². The average molecular weight is 211 g/mol. The van der Waals surface area contributed by atoms with Crippen molar-refractivity contribution in [1.82, 2.24) is 0 Å². The highest BCUT2D eigenvalue weighted by atomic mass is 16.5. The molecule has 0 aliphatic rings. The molecule has 1 rings (SSSR count). The Labute approximate surface area is 89.6 Å². The van der Waals surface area contributed by atoms with E-state index >= 15 is 0 Å². The highest BCUT2D eigenvalue weighted by molar-refractivity contribution is 5.39. The summed E-state index contributed by atoms with van der Waals surface area (Å²) >= 11 is 0. The third-order valence-corrected chi connectivity index (χ3v) is 2.21. The van der Waals surface area contributed by atoms with Gasteiger partial charge in [0.05, 0.1) is 20.3 Å². The highest BCUT2D eigenvalue weighted by Gasteiger charge is 2.14. The normalized spacial score (nSPS) is 14.5. The second-order valence-electron chi connectivity index (χ2n) is 3.45. The molecule has 0 aliphatic heterocycles. The fourth-order valence-electron chi connectivity index (χ4n) is 1.30. The maximum atomic E-state index is 9.80. The van der Waals surface area contributed by atoms with E-state index in [1.54, 1.807) is 39.3 Å². The van der Waals surface area contributed by atoms with Crippen LogP contribution in [-0.4, -0.2) is 25.4 Å². The van der Waals surface area contributed by atoms with Crippen molar-refractivity contribution in [3.05, 3.63) is 23.8 Å². The Kier molecular flexibility index (Phi) is 3.94. The fourth-order valence-corrected chi connectivity index (χ4v) is 1.30. The number of benzene rings is 1. The molecule has 0 bridgehead atoms. The highest BCUT2D eigenvalue weighted by Crippen LogP contribution is 2.27. The van der Waals surface area contributed by atoms with Gasteiger partial charge in [0.25, 0.3) is 0 Å². The fraction of sp³-hybridized carbons (Fsp3) is 0.455. The Morgan fingerprint density at radius 1 is 1.13 bits per heavy atom. The summed E-state index contributed by atoms with van der Waals surface area (Å²) in [4.78, 5) is 0. The van der Waals surface area contributed by atoms with Crippen molar-refractivity contribution in [3.8, 4) is 11.5 Å². The number of hydrogen-bond donors (Lipinski definition) is 2. The van der Waals surface area contributed by atoms with Gasteiger partial charge in [-0.15, -0.1) is 0 Å². The number of rotatable bonds is 4. The van der Waals surface area contributed by atoms with Crippen molar-refractivity contribution < 1.29 is 14.6 Å². The molecular formula is C11H17NO3. The number of hydrogen-bond acceptors (Lipinski definition) is 4. The Morgan fingerprint density at radius 2 is 1.60 bits per heavy atom. The van der Waals surface area contributed by atoms with Gasteiger partial charge >= 0.3 is 0 Å². The van der Waals surface area contributed by atoms with E-state index in [-0.39, 0.29) is 6.04 Å². The van der Waals surface area contributed by atoms with Crippen LogP contribution in [0.2, 0.25) is 0 Å². The zero-order valence-corrected chi connectivity index (χ0v) is 9.23. The van der Waals surface area contributed by atoms with Crippen LogP contribution in [0.4, 0.5) is 0 Å². The van der Waals surface area contributed by atoms with E-state index in [1.807, 2.05) is 0 Å². The van der Waals surface area contributed by atoms with Gasteiger partial charge in [-0.1, -0.05) is 0 Å². The van der Waals surface area contributed by atoms with Crippen molar-refractivity contribution in [3.63, 3.8) is 0 Å². The van der Waals surface area contributed by atoms with Gasteiger partial charge < -0.3 is 20.3 Å². The molecule has 0 saturated carbocycles. The molecule has 1 aromatic carbocycles. The van der Waals surface area contributed by atoms with Crippen LogP contribution >= 0.6 is 0 Å². The molecule has 0 aliphatic carbocycles. The predicted molar refractivity (Wildman–Crippen MR) is 58.2 cm³/mol.